The highest BCUT2D eigenvalue weighted by Gasteiger charge is 2.33. The zero-order chi connectivity index (χ0) is 27.7. The van der Waals surface area contributed by atoms with E-state index in [9.17, 15) is 33.3 Å². The number of halogens is 3. The molecule has 0 atom stereocenters. The van der Waals surface area contributed by atoms with Crippen molar-refractivity contribution in [3.8, 4) is 17.6 Å². The normalized spacial score (nSPS) is 11.1. The lowest BCUT2D eigenvalue weighted by Crippen LogP contribution is -2.20. The van der Waals surface area contributed by atoms with Crippen molar-refractivity contribution in [2.75, 3.05) is 6.61 Å². The molecule has 3 aromatic carbocycles. The summed E-state index contributed by atoms with van der Waals surface area (Å²) in [7, 11) is 0. The molecule has 196 valence electrons. The molecule has 9 nitrogen and oxygen atoms in total. The fourth-order valence-corrected chi connectivity index (χ4v) is 3.35. The van der Waals surface area contributed by atoms with E-state index < -0.39 is 34.7 Å². The number of benzene rings is 3. The van der Waals surface area contributed by atoms with Gasteiger partial charge in [-0.3, -0.25) is 14.9 Å². The lowest BCUT2D eigenvalue weighted by atomic mass is 10.1. The highest BCUT2D eigenvalue weighted by molar-refractivity contribution is 5.84. The van der Waals surface area contributed by atoms with Crippen molar-refractivity contribution in [2.24, 2.45) is 5.10 Å². The number of hydrogen-bond donors (Lipinski definition) is 1. The molecule has 0 aliphatic heterocycles. The van der Waals surface area contributed by atoms with Crippen molar-refractivity contribution < 1.29 is 32.4 Å². The number of carbonyl (C=O) groups is 1. The number of nitrogens with one attached hydrogen (secondary N) is 1. The van der Waals surface area contributed by atoms with E-state index in [-0.39, 0.29) is 12.2 Å². The van der Waals surface area contributed by atoms with E-state index in [1.54, 1.807) is 49.4 Å². The zero-order valence-electron chi connectivity index (χ0n) is 20.0. The van der Waals surface area contributed by atoms with E-state index in [0.717, 1.165) is 6.07 Å². The molecular formula is C26H21F3N4O5. The van der Waals surface area contributed by atoms with Crippen molar-refractivity contribution in [3.63, 3.8) is 0 Å². The van der Waals surface area contributed by atoms with Crippen molar-refractivity contribution in [2.45, 2.75) is 26.1 Å². The summed E-state index contributed by atoms with van der Waals surface area (Å²) in [5, 5.41) is 24.2. The van der Waals surface area contributed by atoms with E-state index in [2.05, 4.69) is 16.6 Å². The second-order valence-electron chi connectivity index (χ2n) is 7.77. The van der Waals surface area contributed by atoms with E-state index in [1.807, 2.05) is 0 Å². The van der Waals surface area contributed by atoms with Crippen molar-refractivity contribution in [1.82, 2.24) is 5.43 Å². The molecule has 12 heteroatoms. The number of hydrogen-bond acceptors (Lipinski definition) is 7. The van der Waals surface area contributed by atoms with Crippen LogP contribution in [0.15, 0.2) is 65.8 Å². The van der Waals surface area contributed by atoms with Gasteiger partial charge in [-0.1, -0.05) is 24.3 Å². The SMILES string of the molecule is CCOc1cc(C=NNC(=O)Cc2ccc(C(F)(F)F)cc2[N+](=O)[O-])ccc1OCc1ccccc1C#N. The molecule has 0 aromatic heterocycles. The van der Waals surface area contributed by atoms with Crippen LogP contribution in [-0.2, 0) is 24.0 Å². The van der Waals surface area contributed by atoms with Crippen LogP contribution in [0.2, 0.25) is 0 Å². The molecule has 0 spiro atoms. The molecule has 1 N–H and O–H groups in total. The number of nitrogens with zero attached hydrogens (tertiary/aromatic N) is 3. The second-order valence-corrected chi connectivity index (χ2v) is 7.77. The molecule has 0 aliphatic rings. The third-order valence-corrected chi connectivity index (χ3v) is 5.15. The van der Waals surface area contributed by atoms with Gasteiger partial charge < -0.3 is 9.47 Å². The molecule has 0 fully saturated rings. The van der Waals surface area contributed by atoms with Gasteiger partial charge in [-0.2, -0.15) is 23.5 Å². The Kier molecular flexibility index (Phi) is 8.99. The topological polar surface area (TPSA) is 127 Å². The largest absolute Gasteiger partial charge is 0.490 e. The molecule has 0 bridgehead atoms. The van der Waals surface area contributed by atoms with Gasteiger partial charge in [0.2, 0.25) is 5.91 Å². The Morgan fingerprint density at radius 2 is 1.87 bits per heavy atom. The van der Waals surface area contributed by atoms with Crippen LogP contribution in [0.4, 0.5) is 18.9 Å². The maximum Gasteiger partial charge on any atom is 0.416 e. The lowest BCUT2D eigenvalue weighted by molar-refractivity contribution is -0.385. The highest BCUT2D eigenvalue weighted by atomic mass is 19.4. The minimum atomic E-state index is -4.75. The first-order chi connectivity index (χ1) is 18.1. The number of nitro benzene ring substituents is 1. The number of nitriles is 1. The maximum absolute atomic E-state index is 12.9. The van der Waals surface area contributed by atoms with Crippen molar-refractivity contribution in [3.05, 3.63) is 98.6 Å². The molecular weight excluding hydrogens is 505 g/mol. The third-order valence-electron chi connectivity index (χ3n) is 5.15. The first-order valence-corrected chi connectivity index (χ1v) is 11.2. The van der Waals surface area contributed by atoms with Crippen LogP contribution in [0, 0.1) is 21.4 Å². The molecule has 0 saturated heterocycles. The number of amides is 1. The summed E-state index contributed by atoms with van der Waals surface area (Å²) >= 11 is 0. The smallest absolute Gasteiger partial charge is 0.416 e. The van der Waals surface area contributed by atoms with Gasteiger partial charge in [0.25, 0.3) is 5.69 Å². The number of nitro groups is 1. The zero-order valence-corrected chi connectivity index (χ0v) is 20.0. The maximum atomic E-state index is 12.9. The number of carbonyl (C=O) groups excluding carboxylic acids is 1. The first kappa shape index (κ1) is 27.7. The number of rotatable bonds is 10. The summed E-state index contributed by atoms with van der Waals surface area (Å²) in [6, 6.07) is 16.0. The van der Waals surface area contributed by atoms with Gasteiger partial charge in [-0.25, -0.2) is 5.43 Å². The summed E-state index contributed by atoms with van der Waals surface area (Å²) in [5.74, 6) is 0.0678. The van der Waals surface area contributed by atoms with E-state index in [4.69, 9.17) is 9.47 Å². The van der Waals surface area contributed by atoms with Crippen LogP contribution in [0.25, 0.3) is 0 Å². The lowest BCUT2D eigenvalue weighted by Gasteiger charge is -2.13. The van der Waals surface area contributed by atoms with Crippen LogP contribution < -0.4 is 14.9 Å². The average molecular weight is 526 g/mol. The van der Waals surface area contributed by atoms with Gasteiger partial charge >= 0.3 is 6.18 Å². The predicted octanol–water partition coefficient (Wildman–Crippen LogP) is 5.16. The van der Waals surface area contributed by atoms with Crippen molar-refractivity contribution >= 4 is 17.8 Å². The van der Waals surface area contributed by atoms with Gasteiger partial charge in [0.15, 0.2) is 11.5 Å². The number of ether oxygens (including phenoxy) is 2. The second kappa shape index (κ2) is 12.4. The third kappa shape index (κ3) is 7.30. The summed E-state index contributed by atoms with van der Waals surface area (Å²) in [5.41, 5.74) is 1.75. The number of hydrazone groups is 1. The van der Waals surface area contributed by atoms with Gasteiger partial charge in [-0.05, 0) is 42.8 Å². The summed E-state index contributed by atoms with van der Waals surface area (Å²) < 4.78 is 50.0. The summed E-state index contributed by atoms with van der Waals surface area (Å²) in [6.45, 7) is 2.27. The molecule has 38 heavy (non-hydrogen) atoms. The Balaban J connectivity index is 1.67. The fraction of sp³-hybridized carbons (Fsp3) is 0.192. The van der Waals surface area contributed by atoms with Crippen LogP contribution in [0.3, 0.4) is 0 Å². The van der Waals surface area contributed by atoms with Gasteiger partial charge in [0, 0.05) is 17.2 Å². The Morgan fingerprint density at radius 3 is 2.55 bits per heavy atom. The Hall–Kier alpha value is -4.92. The van der Waals surface area contributed by atoms with Crippen LogP contribution in [-0.4, -0.2) is 23.7 Å². The molecule has 3 aromatic rings. The first-order valence-electron chi connectivity index (χ1n) is 11.2. The minimum absolute atomic E-state index is 0.142. The van der Waals surface area contributed by atoms with Gasteiger partial charge in [-0.15, -0.1) is 0 Å². The van der Waals surface area contributed by atoms with Crippen LogP contribution in [0.5, 0.6) is 11.5 Å². The molecule has 0 saturated carbocycles. The molecule has 3 rings (SSSR count). The molecule has 0 heterocycles. The Bertz CT molecular complexity index is 1400. The van der Waals surface area contributed by atoms with Crippen LogP contribution >= 0.6 is 0 Å². The van der Waals surface area contributed by atoms with E-state index in [0.29, 0.717) is 46.9 Å². The quantitative estimate of drug-likeness (QED) is 0.221. The molecule has 0 unspecified atom stereocenters. The number of alkyl halides is 3. The van der Waals surface area contributed by atoms with E-state index in [1.165, 1.54) is 6.21 Å². The van der Waals surface area contributed by atoms with Gasteiger partial charge in [0.1, 0.15) is 6.61 Å². The minimum Gasteiger partial charge on any atom is -0.490 e. The van der Waals surface area contributed by atoms with E-state index >= 15 is 0 Å². The van der Waals surface area contributed by atoms with Gasteiger partial charge in [0.05, 0.1) is 41.4 Å². The summed E-state index contributed by atoms with van der Waals surface area (Å²) in [6.07, 6.45) is -4.00. The Labute approximate surface area is 215 Å². The Morgan fingerprint density at radius 1 is 1.11 bits per heavy atom. The monoisotopic (exact) mass is 526 g/mol. The molecule has 0 aliphatic carbocycles. The summed E-state index contributed by atoms with van der Waals surface area (Å²) in [4.78, 5) is 22.4. The fourth-order valence-electron chi connectivity index (χ4n) is 3.35. The van der Waals surface area contributed by atoms with Crippen molar-refractivity contribution in [1.29, 1.82) is 5.26 Å². The molecule has 0 radical (unpaired) electrons. The standard InChI is InChI=1S/C26H21F3N4O5/c1-2-37-24-11-17(7-10-23(24)38-16-20-6-4-3-5-19(20)14-30)15-31-32-25(34)12-18-8-9-21(26(27,28)29)13-22(18)33(35)36/h3-11,13,15H,2,12,16H2,1H3,(H,32,34). The average Bonchev–Trinajstić information content (AvgIpc) is 2.88. The molecule has 1 amide bonds. The predicted molar refractivity (Wildman–Crippen MR) is 131 cm³/mol. The highest BCUT2D eigenvalue weighted by Crippen LogP contribution is 2.33. The van der Waals surface area contributed by atoms with Crippen LogP contribution in [0.1, 0.15) is 34.7 Å².